The van der Waals surface area contributed by atoms with Crippen LogP contribution in [0.15, 0.2) is 48.7 Å². The van der Waals surface area contributed by atoms with Crippen molar-refractivity contribution in [2.75, 3.05) is 25.0 Å². The molecule has 1 fully saturated rings. The van der Waals surface area contributed by atoms with Crippen LogP contribution in [0.5, 0.6) is 5.75 Å². The summed E-state index contributed by atoms with van der Waals surface area (Å²) in [6, 6.07) is 10.7. The van der Waals surface area contributed by atoms with Crippen LogP contribution in [0.25, 0.3) is 11.4 Å². The lowest BCUT2D eigenvalue weighted by molar-refractivity contribution is -0.140. The van der Waals surface area contributed by atoms with Gasteiger partial charge in [-0.3, -0.25) is 4.79 Å². The van der Waals surface area contributed by atoms with Crippen LogP contribution >= 0.6 is 0 Å². The average molecular weight is 529 g/mol. The number of nitrogens with zero attached hydrogens (tertiary/aromatic N) is 2. The number of ether oxygens (including phenoxy) is 1. The Labute approximate surface area is 218 Å². The lowest BCUT2D eigenvalue weighted by Gasteiger charge is -2.34. The number of carbonyl (C=O) groups is 1. The number of nitrogens with one attached hydrogen (secondary N) is 2. The number of rotatable bonds is 6. The minimum Gasteiger partial charge on any atom is -0.491 e. The number of anilines is 1. The van der Waals surface area contributed by atoms with E-state index in [0.717, 1.165) is 25.9 Å². The summed E-state index contributed by atoms with van der Waals surface area (Å²) in [6.45, 7) is 6.72. The Hall–Kier alpha value is -3.84. The SMILES string of the molecule is CC(C)N1CCC(COc2ccc(-c3ncc(C(F)(F)F)[nH]3)cc2NC(=O)C#Cc2cccc(F)c2)CC1. The van der Waals surface area contributed by atoms with Gasteiger partial charge >= 0.3 is 12.1 Å². The van der Waals surface area contributed by atoms with E-state index in [1.54, 1.807) is 18.2 Å². The van der Waals surface area contributed by atoms with Crippen molar-refractivity contribution in [3.05, 3.63) is 65.7 Å². The van der Waals surface area contributed by atoms with Crippen molar-refractivity contribution < 1.29 is 27.1 Å². The third-order valence-electron chi connectivity index (χ3n) is 6.38. The minimum atomic E-state index is -4.57. The van der Waals surface area contributed by atoms with Crippen LogP contribution in [0.1, 0.15) is 37.9 Å². The maximum atomic E-state index is 13.4. The van der Waals surface area contributed by atoms with Crippen LogP contribution in [0, 0.1) is 23.6 Å². The molecule has 2 N–H and O–H groups in total. The van der Waals surface area contributed by atoms with Gasteiger partial charge in [-0.05, 0) is 82.1 Å². The van der Waals surface area contributed by atoms with E-state index in [0.29, 0.717) is 41.6 Å². The second-order valence-electron chi connectivity index (χ2n) is 9.45. The molecule has 10 heteroatoms. The third-order valence-corrected chi connectivity index (χ3v) is 6.38. The summed E-state index contributed by atoms with van der Waals surface area (Å²) < 4.78 is 58.6. The summed E-state index contributed by atoms with van der Waals surface area (Å²) in [6.07, 6.45) is -1.90. The van der Waals surface area contributed by atoms with E-state index in [1.165, 1.54) is 24.3 Å². The summed E-state index contributed by atoms with van der Waals surface area (Å²) in [7, 11) is 0. The Bertz CT molecular complexity index is 1330. The molecule has 0 atom stereocenters. The number of aromatic amines is 1. The number of piperidine rings is 1. The monoisotopic (exact) mass is 528 g/mol. The Morgan fingerprint density at radius 2 is 1.97 bits per heavy atom. The highest BCUT2D eigenvalue weighted by Gasteiger charge is 2.33. The first-order valence-corrected chi connectivity index (χ1v) is 12.3. The molecule has 6 nitrogen and oxygen atoms in total. The number of benzene rings is 2. The van der Waals surface area contributed by atoms with Crippen molar-refractivity contribution in [3.8, 4) is 29.0 Å². The summed E-state index contributed by atoms with van der Waals surface area (Å²) >= 11 is 0. The Morgan fingerprint density at radius 1 is 1.21 bits per heavy atom. The van der Waals surface area contributed by atoms with E-state index in [2.05, 4.69) is 45.9 Å². The number of carbonyl (C=O) groups excluding carboxylic acids is 1. The van der Waals surface area contributed by atoms with Gasteiger partial charge in [0.1, 0.15) is 23.1 Å². The normalized spacial score (nSPS) is 14.7. The number of hydrogen-bond acceptors (Lipinski definition) is 4. The molecule has 0 saturated carbocycles. The van der Waals surface area contributed by atoms with Crippen LogP contribution in [0.2, 0.25) is 0 Å². The van der Waals surface area contributed by atoms with Gasteiger partial charge in [-0.25, -0.2) is 9.37 Å². The number of aromatic nitrogens is 2. The van der Waals surface area contributed by atoms with Gasteiger partial charge in [0.2, 0.25) is 0 Å². The van der Waals surface area contributed by atoms with Crippen LogP contribution in [0.3, 0.4) is 0 Å². The molecule has 1 saturated heterocycles. The van der Waals surface area contributed by atoms with Gasteiger partial charge in [0, 0.05) is 23.1 Å². The highest BCUT2D eigenvalue weighted by atomic mass is 19.4. The second-order valence-corrected chi connectivity index (χ2v) is 9.45. The molecular weight excluding hydrogens is 500 g/mol. The molecule has 4 rings (SSSR count). The predicted molar refractivity (Wildman–Crippen MR) is 136 cm³/mol. The first kappa shape index (κ1) is 27.2. The zero-order valence-corrected chi connectivity index (χ0v) is 21.0. The van der Waals surface area contributed by atoms with Crippen LogP contribution < -0.4 is 10.1 Å². The standard InChI is InChI=1S/C28H28F4N4O2/c1-18(2)36-12-10-20(11-13-36)17-38-24-8-7-21(27-33-16-25(35-27)28(30,31)32)15-23(24)34-26(37)9-6-19-4-3-5-22(29)14-19/h3-5,7-8,14-16,18,20H,10-13,17H2,1-2H3,(H,33,35)(H,34,37). The van der Waals surface area contributed by atoms with Crippen molar-refractivity contribution in [1.29, 1.82) is 0 Å². The molecule has 2 heterocycles. The van der Waals surface area contributed by atoms with E-state index in [9.17, 15) is 22.4 Å². The van der Waals surface area contributed by atoms with E-state index < -0.39 is 23.6 Å². The van der Waals surface area contributed by atoms with E-state index in [4.69, 9.17) is 4.74 Å². The van der Waals surface area contributed by atoms with Gasteiger partial charge in [0.15, 0.2) is 0 Å². The zero-order chi connectivity index (χ0) is 27.3. The summed E-state index contributed by atoms with van der Waals surface area (Å²) in [5.74, 6) is 4.53. The Morgan fingerprint density at radius 3 is 2.63 bits per heavy atom. The largest absolute Gasteiger partial charge is 0.491 e. The molecule has 1 amide bonds. The van der Waals surface area contributed by atoms with Gasteiger partial charge in [0.05, 0.1) is 18.5 Å². The van der Waals surface area contributed by atoms with Crippen molar-refractivity contribution in [2.45, 2.75) is 38.9 Å². The number of hydrogen-bond donors (Lipinski definition) is 2. The van der Waals surface area contributed by atoms with Crippen molar-refractivity contribution in [2.24, 2.45) is 5.92 Å². The molecule has 1 aliphatic heterocycles. The highest BCUT2D eigenvalue weighted by Crippen LogP contribution is 2.33. The topological polar surface area (TPSA) is 70.2 Å². The lowest BCUT2D eigenvalue weighted by atomic mass is 9.97. The molecule has 3 aromatic rings. The molecule has 0 unspecified atom stereocenters. The first-order valence-electron chi connectivity index (χ1n) is 12.3. The molecule has 1 aliphatic rings. The van der Waals surface area contributed by atoms with Crippen molar-refractivity contribution in [1.82, 2.24) is 14.9 Å². The highest BCUT2D eigenvalue weighted by molar-refractivity contribution is 6.05. The molecule has 2 aromatic carbocycles. The number of imidazole rings is 1. The fourth-order valence-electron chi connectivity index (χ4n) is 4.21. The van der Waals surface area contributed by atoms with E-state index in [-0.39, 0.29) is 11.5 Å². The summed E-state index contributed by atoms with van der Waals surface area (Å²) in [5, 5.41) is 2.65. The summed E-state index contributed by atoms with van der Waals surface area (Å²) in [4.78, 5) is 21.1. The average Bonchev–Trinajstić information content (AvgIpc) is 3.38. The van der Waals surface area contributed by atoms with Gasteiger partial charge < -0.3 is 19.9 Å². The summed E-state index contributed by atoms with van der Waals surface area (Å²) in [5.41, 5.74) is -0.0856. The van der Waals surface area contributed by atoms with Gasteiger partial charge in [-0.15, -0.1) is 0 Å². The van der Waals surface area contributed by atoms with Crippen LogP contribution in [0.4, 0.5) is 23.2 Å². The van der Waals surface area contributed by atoms with Gasteiger partial charge in [-0.1, -0.05) is 12.0 Å². The van der Waals surface area contributed by atoms with Crippen LogP contribution in [-0.2, 0) is 11.0 Å². The number of H-pyrrole nitrogens is 1. The number of likely N-dealkylation sites (tertiary alicyclic amines) is 1. The predicted octanol–water partition coefficient (Wildman–Crippen LogP) is 5.72. The molecule has 200 valence electrons. The molecule has 0 radical (unpaired) electrons. The van der Waals surface area contributed by atoms with E-state index >= 15 is 0 Å². The lowest BCUT2D eigenvalue weighted by Crippen LogP contribution is -2.39. The molecular formula is C28H28F4N4O2. The number of alkyl halides is 3. The number of halogens is 4. The quantitative estimate of drug-likeness (QED) is 0.317. The molecule has 1 aromatic heterocycles. The van der Waals surface area contributed by atoms with E-state index in [1.807, 2.05) is 0 Å². The Balaban J connectivity index is 1.53. The second kappa shape index (κ2) is 11.7. The van der Waals surface area contributed by atoms with Crippen molar-refractivity contribution in [3.63, 3.8) is 0 Å². The third kappa shape index (κ3) is 7.13. The van der Waals surface area contributed by atoms with Gasteiger partial charge in [0.25, 0.3) is 0 Å². The maximum Gasteiger partial charge on any atom is 0.432 e. The van der Waals surface area contributed by atoms with Gasteiger partial charge in [-0.2, -0.15) is 13.2 Å². The molecule has 0 aliphatic carbocycles. The smallest absolute Gasteiger partial charge is 0.432 e. The minimum absolute atomic E-state index is 0.00808. The number of amides is 1. The molecule has 38 heavy (non-hydrogen) atoms. The van der Waals surface area contributed by atoms with Crippen LogP contribution in [-0.4, -0.2) is 46.5 Å². The first-order chi connectivity index (χ1) is 18.1. The molecule has 0 spiro atoms. The fraction of sp³-hybridized carbons (Fsp3) is 0.357. The van der Waals surface area contributed by atoms with Crippen molar-refractivity contribution >= 4 is 11.6 Å². The maximum absolute atomic E-state index is 13.4. The zero-order valence-electron chi connectivity index (χ0n) is 21.0. The Kier molecular flexibility index (Phi) is 8.37. The fourth-order valence-corrected chi connectivity index (χ4v) is 4.21. The molecule has 0 bridgehead atoms.